The molecular formula is C19H15F3N4O. The predicted molar refractivity (Wildman–Crippen MR) is 94.4 cm³/mol. The van der Waals surface area contributed by atoms with Crippen LogP contribution in [0.15, 0.2) is 67.3 Å². The summed E-state index contributed by atoms with van der Waals surface area (Å²) in [7, 11) is 0. The summed E-state index contributed by atoms with van der Waals surface area (Å²) in [5.74, 6) is -0.390. The van der Waals surface area contributed by atoms with Crippen LogP contribution in [-0.4, -0.2) is 15.9 Å². The quantitative estimate of drug-likeness (QED) is 0.706. The van der Waals surface area contributed by atoms with Crippen molar-refractivity contribution in [3.8, 4) is 0 Å². The molecule has 5 nitrogen and oxygen atoms in total. The molecule has 0 unspecified atom stereocenters. The van der Waals surface area contributed by atoms with Crippen LogP contribution in [0.3, 0.4) is 0 Å². The van der Waals surface area contributed by atoms with Gasteiger partial charge in [0, 0.05) is 25.1 Å². The Morgan fingerprint density at radius 3 is 2.56 bits per heavy atom. The van der Waals surface area contributed by atoms with E-state index in [0.29, 0.717) is 0 Å². The lowest BCUT2D eigenvalue weighted by Crippen LogP contribution is -2.23. The Kier molecular flexibility index (Phi) is 5.35. The molecule has 0 aliphatic carbocycles. The minimum atomic E-state index is -4.49. The number of pyridine rings is 2. The van der Waals surface area contributed by atoms with Gasteiger partial charge in [0.2, 0.25) is 0 Å². The molecule has 2 aromatic heterocycles. The Morgan fingerprint density at radius 2 is 1.81 bits per heavy atom. The summed E-state index contributed by atoms with van der Waals surface area (Å²) in [5, 5.41) is 5.39. The summed E-state index contributed by atoms with van der Waals surface area (Å²) in [5.41, 5.74) is 0.428. The second-order valence-corrected chi connectivity index (χ2v) is 5.67. The van der Waals surface area contributed by atoms with Gasteiger partial charge in [0.25, 0.3) is 5.91 Å². The zero-order valence-electron chi connectivity index (χ0n) is 14.0. The third-order valence-corrected chi connectivity index (χ3v) is 3.69. The first kappa shape index (κ1) is 18.4. The van der Waals surface area contributed by atoms with Gasteiger partial charge in [0.05, 0.1) is 28.7 Å². The van der Waals surface area contributed by atoms with Crippen molar-refractivity contribution in [2.75, 3.05) is 5.32 Å². The molecule has 0 saturated heterocycles. The highest BCUT2D eigenvalue weighted by Crippen LogP contribution is 2.35. The summed E-state index contributed by atoms with van der Waals surface area (Å²) >= 11 is 0. The topological polar surface area (TPSA) is 66.9 Å². The van der Waals surface area contributed by atoms with E-state index in [-0.39, 0.29) is 29.4 Å². The van der Waals surface area contributed by atoms with Crippen molar-refractivity contribution in [3.63, 3.8) is 0 Å². The van der Waals surface area contributed by atoms with Crippen LogP contribution in [0.2, 0.25) is 0 Å². The molecule has 3 rings (SSSR count). The van der Waals surface area contributed by atoms with Gasteiger partial charge in [-0.15, -0.1) is 0 Å². The Labute approximate surface area is 153 Å². The summed E-state index contributed by atoms with van der Waals surface area (Å²) in [4.78, 5) is 20.2. The minimum absolute atomic E-state index is 0.111. The van der Waals surface area contributed by atoms with E-state index in [1.54, 1.807) is 18.5 Å². The summed E-state index contributed by atoms with van der Waals surface area (Å²) in [6.45, 7) is 0.279. The summed E-state index contributed by atoms with van der Waals surface area (Å²) < 4.78 is 39.3. The monoisotopic (exact) mass is 372 g/mol. The molecule has 2 N–H and O–H groups in total. The lowest BCUT2D eigenvalue weighted by atomic mass is 10.1. The van der Waals surface area contributed by atoms with Gasteiger partial charge < -0.3 is 10.6 Å². The number of carbonyl (C=O) groups is 1. The smallest absolute Gasteiger partial charge is 0.354 e. The first-order valence-corrected chi connectivity index (χ1v) is 7.99. The molecular weight excluding hydrogens is 357 g/mol. The van der Waals surface area contributed by atoms with Crippen molar-refractivity contribution in [3.05, 3.63) is 83.9 Å². The SMILES string of the molecule is O=C(NCc1cccnc1)c1cncc(Nc2ccccc2C(F)(F)F)c1. The van der Waals surface area contributed by atoms with Crippen molar-refractivity contribution in [1.29, 1.82) is 0 Å². The number of nitrogens with zero attached hydrogens (tertiary/aromatic N) is 2. The van der Waals surface area contributed by atoms with Crippen LogP contribution < -0.4 is 10.6 Å². The Hall–Kier alpha value is -3.42. The number of halogens is 3. The maximum Gasteiger partial charge on any atom is 0.418 e. The second kappa shape index (κ2) is 7.86. The summed E-state index contributed by atoms with van der Waals surface area (Å²) in [6, 6.07) is 10.1. The minimum Gasteiger partial charge on any atom is -0.354 e. The van der Waals surface area contributed by atoms with Gasteiger partial charge >= 0.3 is 6.18 Å². The van der Waals surface area contributed by atoms with E-state index in [4.69, 9.17) is 0 Å². The molecule has 0 radical (unpaired) electrons. The molecule has 0 aliphatic heterocycles. The van der Waals surface area contributed by atoms with Gasteiger partial charge in [-0.05, 0) is 29.8 Å². The van der Waals surface area contributed by atoms with E-state index in [1.165, 1.54) is 36.7 Å². The Balaban J connectivity index is 1.74. The van der Waals surface area contributed by atoms with E-state index >= 15 is 0 Å². The van der Waals surface area contributed by atoms with E-state index in [2.05, 4.69) is 20.6 Å². The number of hydrogen-bond donors (Lipinski definition) is 2. The third-order valence-electron chi connectivity index (χ3n) is 3.69. The fraction of sp³-hybridized carbons (Fsp3) is 0.105. The van der Waals surface area contributed by atoms with Crippen LogP contribution >= 0.6 is 0 Å². The Bertz CT molecular complexity index is 929. The maximum atomic E-state index is 13.1. The highest BCUT2D eigenvalue weighted by atomic mass is 19.4. The van der Waals surface area contributed by atoms with Crippen LogP contribution in [0.25, 0.3) is 0 Å². The van der Waals surface area contributed by atoms with Crippen molar-refractivity contribution in [2.45, 2.75) is 12.7 Å². The number of para-hydroxylation sites is 1. The van der Waals surface area contributed by atoms with E-state index < -0.39 is 11.7 Å². The molecule has 2 heterocycles. The number of anilines is 2. The number of nitrogens with one attached hydrogen (secondary N) is 2. The van der Waals surface area contributed by atoms with Gasteiger partial charge in [-0.3, -0.25) is 14.8 Å². The van der Waals surface area contributed by atoms with E-state index in [9.17, 15) is 18.0 Å². The highest BCUT2D eigenvalue weighted by Gasteiger charge is 2.33. The van der Waals surface area contributed by atoms with Crippen LogP contribution in [-0.2, 0) is 12.7 Å². The molecule has 1 amide bonds. The molecule has 0 saturated carbocycles. The van der Waals surface area contributed by atoms with Crippen molar-refractivity contribution < 1.29 is 18.0 Å². The molecule has 0 spiro atoms. The number of benzene rings is 1. The van der Waals surface area contributed by atoms with Crippen molar-refractivity contribution in [2.24, 2.45) is 0 Å². The number of rotatable bonds is 5. The van der Waals surface area contributed by atoms with E-state index in [0.717, 1.165) is 11.6 Å². The summed E-state index contributed by atoms with van der Waals surface area (Å²) in [6.07, 6.45) is 1.47. The zero-order valence-corrected chi connectivity index (χ0v) is 14.0. The fourth-order valence-corrected chi connectivity index (χ4v) is 2.41. The Morgan fingerprint density at radius 1 is 1.00 bits per heavy atom. The lowest BCUT2D eigenvalue weighted by molar-refractivity contribution is -0.136. The zero-order chi connectivity index (χ0) is 19.3. The second-order valence-electron chi connectivity index (χ2n) is 5.67. The van der Waals surface area contributed by atoms with Crippen molar-refractivity contribution >= 4 is 17.3 Å². The molecule has 0 fully saturated rings. The van der Waals surface area contributed by atoms with Gasteiger partial charge in [-0.2, -0.15) is 13.2 Å². The number of amides is 1. The first-order chi connectivity index (χ1) is 12.9. The molecule has 3 aromatic rings. The normalized spacial score (nSPS) is 11.1. The largest absolute Gasteiger partial charge is 0.418 e. The lowest BCUT2D eigenvalue weighted by Gasteiger charge is -2.14. The predicted octanol–water partition coefficient (Wildman–Crippen LogP) is 4.17. The number of alkyl halides is 3. The molecule has 0 aliphatic rings. The molecule has 27 heavy (non-hydrogen) atoms. The van der Waals surface area contributed by atoms with Gasteiger partial charge in [-0.1, -0.05) is 18.2 Å². The average Bonchev–Trinajstić information content (AvgIpc) is 2.67. The van der Waals surface area contributed by atoms with Gasteiger partial charge in [0.15, 0.2) is 0 Å². The standard InChI is InChI=1S/C19H15F3N4O/c20-19(21,22)16-5-1-2-6-17(16)26-15-8-14(11-24-12-15)18(27)25-10-13-4-3-7-23-9-13/h1-9,11-12,26H,10H2,(H,25,27). The maximum absolute atomic E-state index is 13.1. The van der Waals surface area contributed by atoms with Crippen LogP contribution in [0.4, 0.5) is 24.5 Å². The van der Waals surface area contributed by atoms with E-state index in [1.807, 2.05) is 6.07 Å². The third kappa shape index (κ3) is 4.81. The number of hydrogen-bond acceptors (Lipinski definition) is 4. The molecule has 0 atom stereocenters. The molecule has 8 heteroatoms. The molecule has 138 valence electrons. The number of carbonyl (C=O) groups excluding carboxylic acids is 1. The highest BCUT2D eigenvalue weighted by molar-refractivity contribution is 5.94. The first-order valence-electron chi connectivity index (χ1n) is 7.99. The van der Waals surface area contributed by atoms with Crippen LogP contribution in [0, 0.1) is 0 Å². The van der Waals surface area contributed by atoms with Gasteiger partial charge in [-0.25, -0.2) is 0 Å². The van der Waals surface area contributed by atoms with Crippen LogP contribution in [0.1, 0.15) is 21.5 Å². The fourth-order valence-electron chi connectivity index (χ4n) is 2.41. The van der Waals surface area contributed by atoms with Gasteiger partial charge in [0.1, 0.15) is 0 Å². The molecule has 1 aromatic carbocycles. The molecule has 0 bridgehead atoms. The van der Waals surface area contributed by atoms with Crippen molar-refractivity contribution in [1.82, 2.24) is 15.3 Å². The average molecular weight is 372 g/mol. The number of aromatic nitrogens is 2. The van der Waals surface area contributed by atoms with Crippen LogP contribution in [0.5, 0.6) is 0 Å².